The molecule has 0 aliphatic rings. The smallest absolute Gasteiger partial charge is 0.275 e. The van der Waals surface area contributed by atoms with Gasteiger partial charge in [0.2, 0.25) is 5.91 Å². The summed E-state index contributed by atoms with van der Waals surface area (Å²) in [6, 6.07) is 14.6. The predicted molar refractivity (Wildman–Crippen MR) is 104 cm³/mol. The van der Waals surface area contributed by atoms with Gasteiger partial charge in [0.05, 0.1) is 23.9 Å². The number of hydrogen-bond acceptors (Lipinski definition) is 5. The van der Waals surface area contributed by atoms with E-state index in [2.05, 4.69) is 15.4 Å². The van der Waals surface area contributed by atoms with Crippen LogP contribution in [0.2, 0.25) is 0 Å². The average Bonchev–Trinajstić information content (AvgIpc) is 3.24. The first-order valence-corrected chi connectivity index (χ1v) is 8.87. The number of nitrogens with zero attached hydrogens (tertiary/aromatic N) is 3. The Kier molecular flexibility index (Phi) is 4.97. The van der Waals surface area contributed by atoms with E-state index in [-0.39, 0.29) is 24.6 Å². The third kappa shape index (κ3) is 3.83. The van der Waals surface area contributed by atoms with Gasteiger partial charge in [0.1, 0.15) is 12.3 Å². The minimum Gasteiger partial charge on any atom is -0.467 e. The van der Waals surface area contributed by atoms with Crippen LogP contribution in [0.25, 0.3) is 10.8 Å². The van der Waals surface area contributed by atoms with Crippen LogP contribution in [0.5, 0.6) is 0 Å². The molecule has 7 nitrogen and oxygen atoms in total. The van der Waals surface area contributed by atoms with Gasteiger partial charge in [0.15, 0.2) is 0 Å². The number of pyridine rings is 1. The predicted octanol–water partition coefficient (Wildman–Crippen LogP) is 2.29. The van der Waals surface area contributed by atoms with Crippen LogP contribution >= 0.6 is 0 Å². The van der Waals surface area contributed by atoms with E-state index in [4.69, 9.17) is 4.42 Å². The van der Waals surface area contributed by atoms with Crippen molar-refractivity contribution in [1.29, 1.82) is 0 Å². The summed E-state index contributed by atoms with van der Waals surface area (Å²) in [4.78, 5) is 29.2. The third-order valence-corrected chi connectivity index (χ3v) is 4.37. The van der Waals surface area contributed by atoms with Crippen LogP contribution < -0.4 is 10.9 Å². The van der Waals surface area contributed by atoms with Gasteiger partial charge in [-0.2, -0.15) is 5.10 Å². The summed E-state index contributed by atoms with van der Waals surface area (Å²) in [5.41, 5.74) is 1.41. The monoisotopic (exact) mass is 374 g/mol. The minimum atomic E-state index is -0.311. The van der Waals surface area contributed by atoms with E-state index in [1.54, 1.807) is 42.9 Å². The van der Waals surface area contributed by atoms with Crippen molar-refractivity contribution >= 4 is 16.7 Å². The first-order valence-electron chi connectivity index (χ1n) is 8.87. The number of nitrogens with one attached hydrogen (secondary N) is 1. The largest absolute Gasteiger partial charge is 0.467 e. The molecule has 0 saturated heterocycles. The Morgan fingerprint density at radius 1 is 1.07 bits per heavy atom. The molecule has 0 unspecified atom stereocenters. The molecule has 1 aromatic carbocycles. The lowest BCUT2D eigenvalue weighted by Crippen LogP contribution is -2.34. The van der Waals surface area contributed by atoms with Crippen LogP contribution in [0.1, 0.15) is 17.0 Å². The van der Waals surface area contributed by atoms with Gasteiger partial charge in [0.25, 0.3) is 5.56 Å². The zero-order valence-electron chi connectivity index (χ0n) is 15.0. The summed E-state index contributed by atoms with van der Waals surface area (Å²) in [6.45, 7) is 0.0983. The number of amides is 1. The summed E-state index contributed by atoms with van der Waals surface area (Å²) < 4.78 is 6.41. The van der Waals surface area contributed by atoms with Crippen LogP contribution in [0.15, 0.2) is 76.4 Å². The second-order valence-corrected chi connectivity index (χ2v) is 6.35. The number of benzene rings is 1. The molecule has 0 bridgehead atoms. The van der Waals surface area contributed by atoms with Crippen LogP contribution in [0, 0.1) is 0 Å². The van der Waals surface area contributed by atoms with Gasteiger partial charge in [-0.3, -0.25) is 14.6 Å². The van der Waals surface area contributed by atoms with E-state index in [0.717, 1.165) is 16.6 Å². The summed E-state index contributed by atoms with van der Waals surface area (Å²) in [6.07, 6.45) is 5.53. The van der Waals surface area contributed by atoms with E-state index in [1.807, 2.05) is 24.3 Å². The molecule has 1 N–H and O–H groups in total. The number of fused-ring (bicyclic) bond motifs is 1. The van der Waals surface area contributed by atoms with Gasteiger partial charge in [-0.15, -0.1) is 0 Å². The second-order valence-electron chi connectivity index (χ2n) is 6.35. The maximum Gasteiger partial charge on any atom is 0.275 e. The summed E-state index contributed by atoms with van der Waals surface area (Å²) in [5.74, 6) is 0.332. The van der Waals surface area contributed by atoms with Crippen molar-refractivity contribution in [2.75, 3.05) is 0 Å². The molecule has 0 aliphatic carbocycles. The molecule has 7 heteroatoms. The number of hydrogen-bond donors (Lipinski definition) is 1. The maximum absolute atomic E-state index is 12.8. The molecule has 3 heterocycles. The minimum absolute atomic E-state index is 0.162. The zero-order chi connectivity index (χ0) is 19.3. The van der Waals surface area contributed by atoms with Crippen molar-refractivity contribution in [2.24, 2.45) is 0 Å². The van der Waals surface area contributed by atoms with Crippen LogP contribution in [0.4, 0.5) is 0 Å². The molecule has 4 rings (SSSR count). The number of carbonyl (C=O) groups is 1. The van der Waals surface area contributed by atoms with E-state index >= 15 is 0 Å². The Bertz CT molecular complexity index is 1150. The van der Waals surface area contributed by atoms with Crippen molar-refractivity contribution in [2.45, 2.75) is 19.5 Å². The van der Waals surface area contributed by atoms with E-state index in [9.17, 15) is 9.59 Å². The lowest BCUT2D eigenvalue weighted by atomic mass is 10.1. The van der Waals surface area contributed by atoms with Gasteiger partial charge in [-0.1, -0.05) is 24.3 Å². The molecular weight excluding hydrogens is 356 g/mol. The fourth-order valence-electron chi connectivity index (χ4n) is 3.03. The molecule has 0 spiro atoms. The Morgan fingerprint density at radius 2 is 1.93 bits per heavy atom. The number of carbonyl (C=O) groups excluding carboxylic acids is 1. The molecule has 0 fully saturated rings. The molecular formula is C21H18N4O3. The highest BCUT2D eigenvalue weighted by Gasteiger charge is 2.13. The van der Waals surface area contributed by atoms with Crippen LogP contribution in [-0.2, 0) is 24.3 Å². The van der Waals surface area contributed by atoms with Crippen molar-refractivity contribution in [3.8, 4) is 0 Å². The number of furan rings is 1. The van der Waals surface area contributed by atoms with Crippen LogP contribution in [0.3, 0.4) is 0 Å². The van der Waals surface area contributed by atoms with Crippen molar-refractivity contribution in [1.82, 2.24) is 20.1 Å². The highest BCUT2D eigenvalue weighted by Crippen LogP contribution is 2.16. The van der Waals surface area contributed by atoms with Gasteiger partial charge < -0.3 is 9.73 Å². The third-order valence-electron chi connectivity index (χ3n) is 4.37. The van der Waals surface area contributed by atoms with Crippen molar-refractivity contribution in [3.63, 3.8) is 0 Å². The average molecular weight is 374 g/mol. The fourth-order valence-corrected chi connectivity index (χ4v) is 3.03. The van der Waals surface area contributed by atoms with Gasteiger partial charge >= 0.3 is 0 Å². The normalized spacial score (nSPS) is 10.9. The molecule has 28 heavy (non-hydrogen) atoms. The molecule has 0 radical (unpaired) electrons. The SMILES string of the molecule is O=C(Cn1nc(Cc2cccnc2)c2ccccc2c1=O)NCc1ccco1. The summed E-state index contributed by atoms with van der Waals surface area (Å²) in [5, 5.41) is 8.53. The summed E-state index contributed by atoms with van der Waals surface area (Å²) >= 11 is 0. The first kappa shape index (κ1) is 17.7. The Balaban J connectivity index is 1.63. The quantitative estimate of drug-likeness (QED) is 0.559. The molecule has 1 amide bonds. The standard InChI is InChI=1S/C21H18N4O3/c26-20(23-13-16-6-4-10-28-16)14-25-21(27)18-8-2-1-7-17(18)19(24-25)11-15-5-3-9-22-12-15/h1-10,12H,11,13-14H2,(H,23,26). The van der Waals surface area contributed by atoms with Gasteiger partial charge in [0, 0.05) is 24.2 Å². The van der Waals surface area contributed by atoms with E-state index in [1.165, 1.54) is 4.68 Å². The van der Waals surface area contributed by atoms with Crippen molar-refractivity contribution < 1.29 is 9.21 Å². The van der Waals surface area contributed by atoms with Gasteiger partial charge in [-0.05, 0) is 29.8 Å². The highest BCUT2D eigenvalue weighted by atomic mass is 16.3. The molecule has 0 saturated carbocycles. The first-order chi connectivity index (χ1) is 13.7. The molecule has 140 valence electrons. The lowest BCUT2D eigenvalue weighted by Gasteiger charge is -2.11. The molecule has 4 aromatic rings. The molecule has 3 aromatic heterocycles. The zero-order valence-corrected chi connectivity index (χ0v) is 15.0. The van der Waals surface area contributed by atoms with E-state index in [0.29, 0.717) is 17.6 Å². The van der Waals surface area contributed by atoms with E-state index < -0.39 is 0 Å². The Labute approximate surface area is 160 Å². The topological polar surface area (TPSA) is 90.0 Å². The van der Waals surface area contributed by atoms with Crippen molar-refractivity contribution in [3.05, 3.63) is 94.6 Å². The lowest BCUT2D eigenvalue weighted by molar-refractivity contribution is -0.122. The summed E-state index contributed by atoms with van der Waals surface area (Å²) in [7, 11) is 0. The maximum atomic E-state index is 12.8. The highest BCUT2D eigenvalue weighted by molar-refractivity contribution is 5.84. The Hall–Kier alpha value is -3.74. The number of rotatable bonds is 6. The Morgan fingerprint density at radius 3 is 2.68 bits per heavy atom. The second kappa shape index (κ2) is 7.87. The molecule has 0 atom stereocenters. The molecule has 0 aliphatic heterocycles. The fraction of sp³-hybridized carbons (Fsp3) is 0.143. The number of aromatic nitrogens is 3. The van der Waals surface area contributed by atoms with Crippen LogP contribution in [-0.4, -0.2) is 20.7 Å². The van der Waals surface area contributed by atoms with Gasteiger partial charge in [-0.25, -0.2) is 4.68 Å².